The maximum Gasteiger partial charge on any atom is 0.164 e. The molecule has 0 spiro atoms. The van der Waals surface area contributed by atoms with Gasteiger partial charge in [0.05, 0.1) is 12.1 Å². The first kappa shape index (κ1) is 10.8. The van der Waals surface area contributed by atoms with Crippen LogP contribution in [0, 0.1) is 0 Å². The number of rotatable bonds is 3. The Morgan fingerprint density at radius 1 is 1.60 bits per heavy atom. The molecule has 2 rings (SSSR count). The quantitative estimate of drug-likeness (QED) is 0.864. The van der Waals surface area contributed by atoms with E-state index in [1.54, 1.807) is 18.0 Å². The molecule has 1 saturated carbocycles. The fraction of sp³-hybridized carbons (Fsp3) is 0.700. The molecule has 1 heterocycles. The van der Waals surface area contributed by atoms with Crippen LogP contribution in [0.25, 0.3) is 0 Å². The Morgan fingerprint density at radius 3 is 2.73 bits per heavy atom. The maximum absolute atomic E-state index is 5.85. The number of hydrogen-bond donors (Lipinski definition) is 1. The summed E-state index contributed by atoms with van der Waals surface area (Å²) in [6.07, 6.45) is 6.37. The number of nitrogen functional groups attached to an aromatic ring is 1. The molecular formula is C10H16ClN3O. The zero-order valence-electron chi connectivity index (χ0n) is 8.87. The van der Waals surface area contributed by atoms with Crippen molar-refractivity contribution < 1.29 is 4.74 Å². The Kier molecular flexibility index (Phi) is 2.89. The lowest BCUT2D eigenvalue weighted by Gasteiger charge is -2.27. The smallest absolute Gasteiger partial charge is 0.164 e. The van der Waals surface area contributed by atoms with E-state index in [1.165, 1.54) is 12.8 Å². The second kappa shape index (κ2) is 4.02. The van der Waals surface area contributed by atoms with E-state index in [1.807, 2.05) is 0 Å². The summed E-state index contributed by atoms with van der Waals surface area (Å²) >= 11 is 5.85. The van der Waals surface area contributed by atoms with Crippen LogP contribution in [0.15, 0.2) is 6.20 Å². The third-order valence-corrected chi connectivity index (χ3v) is 3.43. The third-order valence-electron chi connectivity index (χ3n) is 3.14. The molecule has 0 aliphatic heterocycles. The van der Waals surface area contributed by atoms with Gasteiger partial charge < -0.3 is 10.5 Å². The van der Waals surface area contributed by atoms with Crippen LogP contribution in [-0.2, 0) is 11.3 Å². The standard InChI is InChI=1S/C10H16ClN3O/c1-15-10(4-2-3-5-10)7-14-6-8(11)9(12)13-14/h6H,2-5,7H2,1H3,(H2,12,13). The summed E-state index contributed by atoms with van der Waals surface area (Å²) in [4.78, 5) is 0. The Morgan fingerprint density at radius 2 is 2.27 bits per heavy atom. The van der Waals surface area contributed by atoms with Gasteiger partial charge in [-0.25, -0.2) is 0 Å². The molecule has 0 amide bonds. The summed E-state index contributed by atoms with van der Waals surface area (Å²) in [5.41, 5.74) is 5.53. The van der Waals surface area contributed by atoms with Gasteiger partial charge in [-0.1, -0.05) is 24.4 Å². The minimum Gasteiger partial charge on any atom is -0.381 e. The van der Waals surface area contributed by atoms with Gasteiger partial charge in [0.2, 0.25) is 0 Å². The van der Waals surface area contributed by atoms with Crippen LogP contribution in [0.1, 0.15) is 25.7 Å². The SMILES string of the molecule is COC1(Cn2cc(Cl)c(N)n2)CCCC1. The van der Waals surface area contributed by atoms with Crippen LogP contribution in [0.2, 0.25) is 5.02 Å². The van der Waals surface area contributed by atoms with E-state index in [-0.39, 0.29) is 5.60 Å². The van der Waals surface area contributed by atoms with Crippen molar-refractivity contribution in [2.45, 2.75) is 37.8 Å². The second-order valence-electron chi connectivity index (χ2n) is 4.15. The minimum absolute atomic E-state index is 0.0677. The predicted molar refractivity (Wildman–Crippen MR) is 59.9 cm³/mol. The lowest BCUT2D eigenvalue weighted by atomic mass is 10.0. The average Bonchev–Trinajstić information content (AvgIpc) is 2.77. The normalized spacial score (nSPS) is 19.6. The van der Waals surface area contributed by atoms with Crippen molar-refractivity contribution in [2.75, 3.05) is 12.8 Å². The molecule has 1 fully saturated rings. The molecule has 2 N–H and O–H groups in total. The van der Waals surface area contributed by atoms with Crippen LogP contribution < -0.4 is 5.73 Å². The van der Waals surface area contributed by atoms with Crippen molar-refractivity contribution in [2.24, 2.45) is 0 Å². The first-order valence-corrected chi connectivity index (χ1v) is 5.57. The molecule has 0 unspecified atom stereocenters. The number of nitrogens with zero attached hydrogens (tertiary/aromatic N) is 2. The van der Waals surface area contributed by atoms with E-state index in [0.29, 0.717) is 10.8 Å². The third kappa shape index (κ3) is 2.11. The van der Waals surface area contributed by atoms with E-state index in [2.05, 4.69) is 5.10 Å². The number of ether oxygens (including phenoxy) is 1. The summed E-state index contributed by atoms with van der Waals surface area (Å²) in [7, 11) is 1.76. The number of halogens is 1. The summed E-state index contributed by atoms with van der Waals surface area (Å²) in [5, 5.41) is 4.66. The Hall–Kier alpha value is -0.740. The van der Waals surface area contributed by atoms with Gasteiger partial charge in [0, 0.05) is 13.3 Å². The molecule has 84 valence electrons. The topological polar surface area (TPSA) is 53.1 Å². The summed E-state index contributed by atoms with van der Waals surface area (Å²) in [6, 6.07) is 0. The number of hydrogen-bond acceptors (Lipinski definition) is 3. The lowest BCUT2D eigenvalue weighted by molar-refractivity contribution is -0.0207. The number of anilines is 1. The van der Waals surface area contributed by atoms with Gasteiger partial charge in [0.1, 0.15) is 5.02 Å². The molecular weight excluding hydrogens is 214 g/mol. The highest BCUT2D eigenvalue weighted by Crippen LogP contribution is 2.34. The van der Waals surface area contributed by atoms with Gasteiger partial charge in [-0.15, -0.1) is 0 Å². The molecule has 0 atom stereocenters. The Labute approximate surface area is 94.3 Å². The summed E-state index contributed by atoms with van der Waals surface area (Å²) in [6.45, 7) is 0.737. The van der Waals surface area contributed by atoms with Crippen molar-refractivity contribution >= 4 is 17.4 Å². The van der Waals surface area contributed by atoms with Gasteiger partial charge in [-0.3, -0.25) is 4.68 Å². The summed E-state index contributed by atoms with van der Waals surface area (Å²) < 4.78 is 7.39. The minimum atomic E-state index is -0.0677. The van der Waals surface area contributed by atoms with E-state index >= 15 is 0 Å². The van der Waals surface area contributed by atoms with Crippen molar-refractivity contribution in [1.82, 2.24) is 9.78 Å². The van der Waals surface area contributed by atoms with Crippen molar-refractivity contribution in [3.05, 3.63) is 11.2 Å². The molecule has 0 saturated heterocycles. The van der Waals surface area contributed by atoms with Crippen LogP contribution >= 0.6 is 11.6 Å². The Balaban J connectivity index is 2.12. The molecule has 1 aliphatic carbocycles. The molecule has 1 aromatic rings. The van der Waals surface area contributed by atoms with Gasteiger partial charge in [-0.05, 0) is 12.8 Å². The van der Waals surface area contributed by atoms with E-state index < -0.39 is 0 Å². The maximum atomic E-state index is 5.85. The molecule has 4 nitrogen and oxygen atoms in total. The highest BCUT2D eigenvalue weighted by molar-refractivity contribution is 6.32. The number of methoxy groups -OCH3 is 1. The number of nitrogens with two attached hydrogens (primary N) is 1. The molecule has 0 radical (unpaired) electrons. The van der Waals surface area contributed by atoms with Crippen molar-refractivity contribution in [3.8, 4) is 0 Å². The molecule has 0 bridgehead atoms. The van der Waals surface area contributed by atoms with Crippen LogP contribution in [0.5, 0.6) is 0 Å². The van der Waals surface area contributed by atoms with Gasteiger partial charge in [0.15, 0.2) is 5.82 Å². The van der Waals surface area contributed by atoms with Gasteiger partial charge in [0.25, 0.3) is 0 Å². The van der Waals surface area contributed by atoms with E-state index in [9.17, 15) is 0 Å². The van der Waals surface area contributed by atoms with Crippen molar-refractivity contribution in [3.63, 3.8) is 0 Å². The lowest BCUT2D eigenvalue weighted by Crippen LogP contribution is -2.33. The molecule has 15 heavy (non-hydrogen) atoms. The average molecular weight is 230 g/mol. The molecule has 1 aliphatic rings. The van der Waals surface area contributed by atoms with Gasteiger partial charge in [-0.2, -0.15) is 5.10 Å². The monoisotopic (exact) mass is 229 g/mol. The predicted octanol–water partition coefficient (Wildman–Crippen LogP) is 2.08. The zero-order chi connectivity index (χ0) is 10.9. The zero-order valence-corrected chi connectivity index (χ0v) is 9.63. The van der Waals surface area contributed by atoms with E-state index in [4.69, 9.17) is 22.1 Å². The molecule has 5 heteroatoms. The van der Waals surface area contributed by atoms with Gasteiger partial charge >= 0.3 is 0 Å². The van der Waals surface area contributed by atoms with Crippen molar-refractivity contribution in [1.29, 1.82) is 0 Å². The summed E-state index contributed by atoms with van der Waals surface area (Å²) in [5.74, 6) is 0.390. The number of aromatic nitrogens is 2. The van der Waals surface area contributed by atoms with E-state index in [0.717, 1.165) is 19.4 Å². The first-order chi connectivity index (χ1) is 7.15. The molecule has 1 aromatic heterocycles. The largest absolute Gasteiger partial charge is 0.381 e. The molecule has 0 aromatic carbocycles. The first-order valence-electron chi connectivity index (χ1n) is 5.19. The fourth-order valence-corrected chi connectivity index (χ4v) is 2.38. The fourth-order valence-electron chi connectivity index (χ4n) is 2.23. The second-order valence-corrected chi connectivity index (χ2v) is 4.56. The highest BCUT2D eigenvalue weighted by Gasteiger charge is 2.34. The van der Waals surface area contributed by atoms with Crippen LogP contribution in [0.3, 0.4) is 0 Å². The van der Waals surface area contributed by atoms with Crippen LogP contribution in [-0.4, -0.2) is 22.5 Å². The highest BCUT2D eigenvalue weighted by atomic mass is 35.5. The Bertz CT molecular complexity index is 325. The van der Waals surface area contributed by atoms with Crippen LogP contribution in [0.4, 0.5) is 5.82 Å².